The Morgan fingerprint density at radius 3 is 2.52 bits per heavy atom. The van der Waals surface area contributed by atoms with Crippen molar-refractivity contribution in [3.63, 3.8) is 0 Å². The third-order valence-corrected chi connectivity index (χ3v) is 3.16. The van der Waals surface area contributed by atoms with E-state index >= 15 is 0 Å². The third kappa shape index (κ3) is 4.28. The van der Waals surface area contributed by atoms with E-state index in [-0.39, 0.29) is 0 Å². The van der Waals surface area contributed by atoms with E-state index in [1.54, 1.807) is 30.3 Å². The Kier molecular flexibility index (Phi) is 5.31. The van der Waals surface area contributed by atoms with Gasteiger partial charge in [-0.3, -0.25) is 0 Å². The van der Waals surface area contributed by atoms with E-state index in [4.69, 9.17) is 27.9 Å². The van der Waals surface area contributed by atoms with Crippen LogP contribution in [0.4, 0.5) is 16.2 Å². The van der Waals surface area contributed by atoms with Gasteiger partial charge in [0.05, 0.1) is 23.0 Å². The summed E-state index contributed by atoms with van der Waals surface area (Å²) in [4.78, 5) is 12.0. The molecule has 6 heteroatoms. The highest BCUT2D eigenvalue weighted by Crippen LogP contribution is 2.27. The van der Waals surface area contributed by atoms with Crippen LogP contribution in [-0.2, 0) is 0 Å². The predicted molar refractivity (Wildman–Crippen MR) is 86.7 cm³/mol. The molecule has 0 spiro atoms. The van der Waals surface area contributed by atoms with Crippen molar-refractivity contribution in [1.82, 2.24) is 0 Å². The summed E-state index contributed by atoms with van der Waals surface area (Å²) >= 11 is 11.8. The number of carbonyl (C=O) groups excluding carboxylic acids is 1. The number of anilines is 2. The maximum absolute atomic E-state index is 12.0. The van der Waals surface area contributed by atoms with Crippen LogP contribution in [-0.4, -0.2) is 12.6 Å². The van der Waals surface area contributed by atoms with E-state index in [1.165, 1.54) is 0 Å². The first-order valence-corrected chi connectivity index (χ1v) is 7.10. The Morgan fingerprint density at radius 1 is 1.10 bits per heavy atom. The summed E-state index contributed by atoms with van der Waals surface area (Å²) in [5.74, 6) is 0.609. The number of rotatable bonds is 4. The summed E-state index contributed by atoms with van der Waals surface area (Å²) in [5, 5.41) is 6.26. The van der Waals surface area contributed by atoms with Crippen molar-refractivity contribution in [2.24, 2.45) is 0 Å². The Bertz CT molecular complexity index is 647. The average Bonchev–Trinajstić information content (AvgIpc) is 2.44. The van der Waals surface area contributed by atoms with Gasteiger partial charge in [0.15, 0.2) is 0 Å². The second kappa shape index (κ2) is 7.20. The Labute approximate surface area is 133 Å². The van der Waals surface area contributed by atoms with Gasteiger partial charge in [0.1, 0.15) is 5.75 Å². The number of carbonyl (C=O) groups is 1. The molecule has 0 unspecified atom stereocenters. The Hall–Kier alpha value is -1.91. The molecule has 0 fully saturated rings. The van der Waals surface area contributed by atoms with Crippen molar-refractivity contribution in [3.8, 4) is 5.75 Å². The molecule has 0 atom stereocenters. The van der Waals surface area contributed by atoms with Crippen LogP contribution < -0.4 is 15.4 Å². The van der Waals surface area contributed by atoms with Crippen LogP contribution in [0.1, 0.15) is 6.92 Å². The number of halogens is 2. The summed E-state index contributed by atoms with van der Waals surface area (Å²) in [5.41, 5.74) is 1.06. The van der Waals surface area contributed by atoms with Crippen LogP contribution >= 0.6 is 23.2 Å². The first-order valence-electron chi connectivity index (χ1n) is 6.35. The third-order valence-electron chi connectivity index (χ3n) is 2.61. The van der Waals surface area contributed by atoms with Crippen molar-refractivity contribution in [2.75, 3.05) is 17.2 Å². The maximum Gasteiger partial charge on any atom is 0.323 e. The molecule has 2 aromatic rings. The molecule has 0 radical (unpaired) electrons. The normalized spacial score (nSPS) is 10.0. The van der Waals surface area contributed by atoms with Crippen LogP contribution in [0.3, 0.4) is 0 Å². The van der Waals surface area contributed by atoms with Gasteiger partial charge in [-0.15, -0.1) is 0 Å². The summed E-state index contributed by atoms with van der Waals surface area (Å²) in [6.45, 7) is 2.40. The zero-order chi connectivity index (χ0) is 15.2. The highest BCUT2D eigenvalue weighted by atomic mass is 35.5. The minimum absolute atomic E-state index is 0.371. The predicted octanol–water partition coefficient (Wildman–Crippen LogP) is 5.04. The molecule has 0 aliphatic carbocycles. The molecular formula is C15H14Cl2N2O2. The number of urea groups is 1. The van der Waals surface area contributed by atoms with Gasteiger partial charge in [0.25, 0.3) is 0 Å². The maximum atomic E-state index is 12.0. The van der Waals surface area contributed by atoms with E-state index in [2.05, 4.69) is 10.6 Å². The monoisotopic (exact) mass is 324 g/mol. The van der Waals surface area contributed by atoms with E-state index in [1.807, 2.05) is 19.1 Å². The molecule has 0 saturated heterocycles. The lowest BCUT2D eigenvalue weighted by Crippen LogP contribution is -2.20. The summed E-state index contributed by atoms with van der Waals surface area (Å²) < 4.78 is 5.44. The van der Waals surface area contributed by atoms with Crippen molar-refractivity contribution < 1.29 is 9.53 Å². The summed E-state index contributed by atoms with van der Waals surface area (Å²) in [6.07, 6.45) is 0. The van der Waals surface area contributed by atoms with Crippen LogP contribution in [0.2, 0.25) is 10.0 Å². The quantitative estimate of drug-likeness (QED) is 0.828. The number of amides is 2. The van der Waals surface area contributed by atoms with Gasteiger partial charge in [0, 0.05) is 5.02 Å². The molecule has 0 aliphatic heterocycles. The summed E-state index contributed by atoms with van der Waals surface area (Å²) in [7, 11) is 0. The molecule has 4 nitrogen and oxygen atoms in total. The minimum atomic E-state index is -0.411. The number of ether oxygens (including phenoxy) is 1. The van der Waals surface area contributed by atoms with Crippen LogP contribution in [0.25, 0.3) is 0 Å². The van der Waals surface area contributed by atoms with Gasteiger partial charge in [0.2, 0.25) is 0 Å². The van der Waals surface area contributed by atoms with Crippen LogP contribution in [0.15, 0.2) is 42.5 Å². The van der Waals surface area contributed by atoms with E-state index in [9.17, 15) is 4.79 Å². The van der Waals surface area contributed by atoms with E-state index in [0.29, 0.717) is 33.8 Å². The van der Waals surface area contributed by atoms with Gasteiger partial charge in [-0.1, -0.05) is 35.3 Å². The Morgan fingerprint density at radius 2 is 1.81 bits per heavy atom. The number of hydrogen-bond acceptors (Lipinski definition) is 2. The molecule has 0 aromatic heterocycles. The second-order valence-electron chi connectivity index (χ2n) is 4.13. The topological polar surface area (TPSA) is 50.4 Å². The van der Waals surface area contributed by atoms with Gasteiger partial charge < -0.3 is 15.4 Å². The highest BCUT2D eigenvalue weighted by molar-refractivity contribution is 6.36. The van der Waals surface area contributed by atoms with Crippen molar-refractivity contribution in [3.05, 3.63) is 52.5 Å². The standard InChI is InChI=1S/C15H14Cl2N2O2/c1-2-21-14-6-4-3-5-13(14)19-15(20)18-12-8-7-10(16)9-11(12)17/h3-9H,2H2,1H3,(H2,18,19,20). The van der Waals surface area contributed by atoms with E-state index < -0.39 is 6.03 Å². The zero-order valence-electron chi connectivity index (χ0n) is 11.3. The number of nitrogens with one attached hydrogen (secondary N) is 2. The molecule has 21 heavy (non-hydrogen) atoms. The molecule has 0 bridgehead atoms. The molecule has 2 N–H and O–H groups in total. The SMILES string of the molecule is CCOc1ccccc1NC(=O)Nc1ccc(Cl)cc1Cl. The lowest BCUT2D eigenvalue weighted by molar-refractivity contribution is 0.262. The molecule has 2 aromatic carbocycles. The first-order chi connectivity index (χ1) is 10.1. The first kappa shape index (κ1) is 15.5. The number of hydrogen-bond donors (Lipinski definition) is 2. The minimum Gasteiger partial charge on any atom is -0.492 e. The molecule has 110 valence electrons. The van der Waals surface area contributed by atoms with Crippen molar-refractivity contribution in [2.45, 2.75) is 6.92 Å². The molecule has 0 heterocycles. The fourth-order valence-corrected chi connectivity index (χ4v) is 2.17. The zero-order valence-corrected chi connectivity index (χ0v) is 12.8. The van der Waals surface area contributed by atoms with Gasteiger partial charge in [-0.2, -0.15) is 0 Å². The molecule has 2 amide bonds. The average molecular weight is 325 g/mol. The smallest absolute Gasteiger partial charge is 0.323 e. The number of benzene rings is 2. The molecule has 2 rings (SSSR count). The second-order valence-corrected chi connectivity index (χ2v) is 4.98. The fourth-order valence-electron chi connectivity index (χ4n) is 1.72. The van der Waals surface area contributed by atoms with E-state index in [0.717, 1.165) is 0 Å². The Balaban J connectivity index is 2.08. The fraction of sp³-hybridized carbons (Fsp3) is 0.133. The number of para-hydroxylation sites is 2. The summed E-state index contributed by atoms with van der Waals surface area (Å²) in [6, 6.07) is 11.6. The van der Waals surface area contributed by atoms with Gasteiger partial charge in [-0.25, -0.2) is 4.79 Å². The highest BCUT2D eigenvalue weighted by Gasteiger charge is 2.09. The molecule has 0 aliphatic rings. The molecule has 0 saturated carbocycles. The van der Waals surface area contributed by atoms with Gasteiger partial charge in [-0.05, 0) is 37.3 Å². The lowest BCUT2D eigenvalue weighted by Gasteiger charge is -2.12. The lowest BCUT2D eigenvalue weighted by atomic mass is 10.3. The van der Waals surface area contributed by atoms with Crippen molar-refractivity contribution >= 4 is 40.6 Å². The largest absolute Gasteiger partial charge is 0.492 e. The van der Waals surface area contributed by atoms with Crippen molar-refractivity contribution in [1.29, 1.82) is 0 Å². The molecular weight excluding hydrogens is 311 g/mol. The van der Waals surface area contributed by atoms with Crippen LogP contribution in [0, 0.1) is 0 Å². The van der Waals surface area contributed by atoms with Crippen LogP contribution in [0.5, 0.6) is 5.75 Å². The van der Waals surface area contributed by atoms with Gasteiger partial charge >= 0.3 is 6.03 Å².